The lowest BCUT2D eigenvalue weighted by Gasteiger charge is -2.70. The number of carbonyl (C=O) groups excluding carboxylic acids is 1. The fourth-order valence-electron chi connectivity index (χ4n) is 9.43. The number of ketones is 1. The first-order chi connectivity index (χ1) is 12.0. The zero-order valence-corrected chi connectivity index (χ0v) is 15.9. The van der Waals surface area contributed by atoms with Crippen molar-refractivity contribution in [1.29, 1.82) is 0 Å². The van der Waals surface area contributed by atoms with Crippen LogP contribution in [-0.2, 0) is 9.53 Å². The Morgan fingerprint density at radius 2 is 2.00 bits per heavy atom. The molecule has 8 atom stereocenters. The van der Waals surface area contributed by atoms with Gasteiger partial charge in [0.15, 0.2) is 0 Å². The lowest BCUT2D eigenvalue weighted by molar-refractivity contribution is -0.265. The van der Waals surface area contributed by atoms with E-state index in [1.165, 1.54) is 57.9 Å². The first-order valence-electron chi connectivity index (χ1n) is 10.9. The van der Waals surface area contributed by atoms with E-state index in [9.17, 15) is 4.79 Å². The van der Waals surface area contributed by atoms with Crippen molar-refractivity contribution in [3.63, 3.8) is 0 Å². The molecule has 0 N–H and O–H groups in total. The lowest BCUT2D eigenvalue weighted by Crippen LogP contribution is -2.71. The van der Waals surface area contributed by atoms with E-state index in [0.717, 1.165) is 19.1 Å². The van der Waals surface area contributed by atoms with E-state index in [-0.39, 0.29) is 10.8 Å². The van der Waals surface area contributed by atoms with Gasteiger partial charge in [0.2, 0.25) is 0 Å². The molecule has 6 rings (SSSR count). The molecule has 8 unspecified atom stereocenters. The molecule has 6 aliphatic rings. The molecule has 2 aliphatic heterocycles. The Balaban J connectivity index is 1.53. The molecule has 4 saturated carbocycles. The van der Waals surface area contributed by atoms with Crippen molar-refractivity contribution in [2.45, 2.75) is 71.4 Å². The molecule has 6 fully saturated rings. The molecule has 0 aromatic carbocycles. The van der Waals surface area contributed by atoms with Crippen LogP contribution in [0.15, 0.2) is 0 Å². The molecular formula is C22H33NO2. The molecule has 0 radical (unpaired) electrons. The molecule has 25 heavy (non-hydrogen) atoms. The van der Waals surface area contributed by atoms with Crippen LogP contribution in [0.1, 0.15) is 65.2 Å². The van der Waals surface area contributed by atoms with Gasteiger partial charge in [-0.05, 0) is 68.1 Å². The van der Waals surface area contributed by atoms with Crippen molar-refractivity contribution in [1.82, 2.24) is 4.90 Å². The molecule has 2 heterocycles. The molecule has 4 bridgehead atoms. The molecular weight excluding hydrogens is 310 g/mol. The third kappa shape index (κ3) is 1.61. The summed E-state index contributed by atoms with van der Waals surface area (Å²) in [6, 6.07) is 0. The molecule has 0 amide bonds. The van der Waals surface area contributed by atoms with Crippen LogP contribution in [-0.4, -0.2) is 36.6 Å². The summed E-state index contributed by atoms with van der Waals surface area (Å²) in [5.41, 5.74) is 0.741. The smallest absolute Gasteiger partial charge is 0.142 e. The highest BCUT2D eigenvalue weighted by Gasteiger charge is 2.73. The van der Waals surface area contributed by atoms with E-state index in [0.29, 0.717) is 35.2 Å². The van der Waals surface area contributed by atoms with Gasteiger partial charge >= 0.3 is 0 Å². The number of ether oxygens (including phenoxy) is 1. The van der Waals surface area contributed by atoms with Gasteiger partial charge in [0, 0.05) is 29.8 Å². The standard InChI is InChI=1S/C22H33NO2/c1-14-15-4-5-17-21(12-15,18(14)24)9-6-16-20(2)7-3-8-22(16,17)19-23(13-20)10-11-25-19/h14-17,19H,3-13H2,1-2H3. The van der Waals surface area contributed by atoms with Crippen LogP contribution in [0.5, 0.6) is 0 Å². The van der Waals surface area contributed by atoms with Crippen molar-refractivity contribution in [3.8, 4) is 0 Å². The van der Waals surface area contributed by atoms with Crippen LogP contribution in [0.4, 0.5) is 0 Å². The summed E-state index contributed by atoms with van der Waals surface area (Å²) in [5, 5.41) is 0. The minimum absolute atomic E-state index is 0.0199. The fraction of sp³-hybridized carbons (Fsp3) is 0.955. The van der Waals surface area contributed by atoms with Crippen molar-refractivity contribution >= 4 is 5.78 Å². The Kier molecular flexibility index (Phi) is 2.94. The van der Waals surface area contributed by atoms with Gasteiger partial charge in [0.05, 0.1) is 6.61 Å². The third-order valence-electron chi connectivity index (χ3n) is 10.1. The maximum absolute atomic E-state index is 13.5. The first kappa shape index (κ1) is 15.6. The Labute approximate surface area is 151 Å². The van der Waals surface area contributed by atoms with E-state index in [2.05, 4.69) is 18.7 Å². The lowest BCUT2D eigenvalue weighted by atomic mass is 9.38. The van der Waals surface area contributed by atoms with Crippen LogP contribution in [0.25, 0.3) is 0 Å². The quantitative estimate of drug-likeness (QED) is 0.669. The highest BCUT2D eigenvalue weighted by Crippen LogP contribution is 2.74. The predicted octanol–water partition coefficient (Wildman–Crippen LogP) is 3.87. The molecule has 3 heteroatoms. The molecule has 4 aliphatic carbocycles. The van der Waals surface area contributed by atoms with Crippen LogP contribution in [0, 0.1) is 39.9 Å². The molecule has 2 saturated heterocycles. The second-order valence-corrected chi connectivity index (χ2v) is 10.8. The summed E-state index contributed by atoms with van der Waals surface area (Å²) in [5.74, 6) is 3.02. The Bertz CT molecular complexity index is 634. The second kappa shape index (κ2) is 4.70. The fourth-order valence-corrected chi connectivity index (χ4v) is 9.43. The number of Topliss-reactive ketones (excluding diaryl/α,β-unsaturated/α-hetero) is 1. The summed E-state index contributed by atoms with van der Waals surface area (Å²) >= 11 is 0. The average Bonchev–Trinajstić information content (AvgIpc) is 3.12. The van der Waals surface area contributed by atoms with Gasteiger partial charge in [0.25, 0.3) is 0 Å². The van der Waals surface area contributed by atoms with E-state index in [4.69, 9.17) is 4.74 Å². The monoisotopic (exact) mass is 343 g/mol. The van der Waals surface area contributed by atoms with Crippen molar-refractivity contribution in [2.75, 3.05) is 19.7 Å². The van der Waals surface area contributed by atoms with E-state index in [1.54, 1.807) is 0 Å². The largest absolute Gasteiger partial charge is 0.361 e. The Hall–Kier alpha value is -0.410. The average molecular weight is 344 g/mol. The van der Waals surface area contributed by atoms with Crippen LogP contribution < -0.4 is 0 Å². The summed E-state index contributed by atoms with van der Waals surface area (Å²) in [6.45, 7) is 8.06. The molecule has 138 valence electrons. The summed E-state index contributed by atoms with van der Waals surface area (Å²) in [7, 11) is 0. The van der Waals surface area contributed by atoms with Gasteiger partial charge in [-0.25, -0.2) is 0 Å². The minimum atomic E-state index is 0.0199. The van der Waals surface area contributed by atoms with Gasteiger partial charge in [-0.1, -0.05) is 20.3 Å². The Morgan fingerprint density at radius 3 is 2.88 bits per heavy atom. The predicted molar refractivity (Wildman–Crippen MR) is 95.9 cm³/mol. The Morgan fingerprint density at radius 1 is 1.12 bits per heavy atom. The third-order valence-corrected chi connectivity index (χ3v) is 10.1. The second-order valence-electron chi connectivity index (χ2n) is 10.8. The number of fused-ring (bicyclic) bond motifs is 2. The number of hydrogen-bond acceptors (Lipinski definition) is 3. The molecule has 0 aromatic heterocycles. The number of nitrogens with zero attached hydrogens (tertiary/aromatic N) is 1. The van der Waals surface area contributed by atoms with Crippen LogP contribution >= 0.6 is 0 Å². The maximum Gasteiger partial charge on any atom is 0.142 e. The van der Waals surface area contributed by atoms with Crippen molar-refractivity contribution in [2.24, 2.45) is 39.9 Å². The van der Waals surface area contributed by atoms with E-state index < -0.39 is 0 Å². The normalized spacial score (nSPS) is 60.1. The highest BCUT2D eigenvalue weighted by atomic mass is 16.5. The first-order valence-corrected chi connectivity index (χ1v) is 10.9. The summed E-state index contributed by atoms with van der Waals surface area (Å²) in [6.07, 6.45) is 10.6. The SMILES string of the molecule is CC1C(=O)C23CCC4C5(C)CCCC4(C4OCCN4C5)C2CCC1C3. The van der Waals surface area contributed by atoms with Gasteiger partial charge in [0.1, 0.15) is 12.0 Å². The van der Waals surface area contributed by atoms with E-state index >= 15 is 0 Å². The number of hydrogen-bond donors (Lipinski definition) is 0. The zero-order valence-electron chi connectivity index (χ0n) is 15.9. The zero-order chi connectivity index (χ0) is 17.0. The maximum atomic E-state index is 13.5. The van der Waals surface area contributed by atoms with E-state index in [1.807, 2.05) is 0 Å². The topological polar surface area (TPSA) is 29.5 Å². The highest BCUT2D eigenvalue weighted by molar-refractivity contribution is 5.90. The van der Waals surface area contributed by atoms with Gasteiger partial charge in [-0.15, -0.1) is 0 Å². The van der Waals surface area contributed by atoms with Crippen LogP contribution in [0.2, 0.25) is 0 Å². The summed E-state index contributed by atoms with van der Waals surface area (Å²) < 4.78 is 6.48. The van der Waals surface area contributed by atoms with Gasteiger partial charge < -0.3 is 4.74 Å². The van der Waals surface area contributed by atoms with Gasteiger partial charge in [-0.2, -0.15) is 0 Å². The van der Waals surface area contributed by atoms with Gasteiger partial charge in [-0.3, -0.25) is 9.69 Å². The van der Waals surface area contributed by atoms with Crippen LogP contribution in [0.3, 0.4) is 0 Å². The number of carbonyl (C=O) groups is 1. The molecule has 1 spiro atoms. The summed E-state index contributed by atoms with van der Waals surface area (Å²) in [4.78, 5) is 16.2. The number of rotatable bonds is 0. The molecule has 3 nitrogen and oxygen atoms in total. The van der Waals surface area contributed by atoms with Crippen molar-refractivity contribution in [3.05, 3.63) is 0 Å². The number of piperidine rings is 1. The minimum Gasteiger partial charge on any atom is -0.361 e. The molecule has 0 aromatic rings. The van der Waals surface area contributed by atoms with Crippen molar-refractivity contribution < 1.29 is 9.53 Å².